The number of aromatic nitrogens is 1. The second-order valence-corrected chi connectivity index (χ2v) is 5.79. The summed E-state index contributed by atoms with van der Waals surface area (Å²) in [5, 5.41) is 2.74. The number of alkyl carbamates (subject to hydrolysis) is 1. The first kappa shape index (κ1) is 15.0. The van der Waals surface area contributed by atoms with Gasteiger partial charge in [0.2, 0.25) is 0 Å². The summed E-state index contributed by atoms with van der Waals surface area (Å²) in [6.07, 6.45) is 3.18. The fourth-order valence-electron chi connectivity index (χ4n) is 1.84. The van der Waals surface area contributed by atoms with Gasteiger partial charge < -0.3 is 10.1 Å². The molecule has 1 aromatic carbocycles. The first-order valence-corrected chi connectivity index (χ1v) is 6.90. The number of nitrogens with one attached hydrogen (secondary N) is 1. The number of ether oxygens (including phenoxy) is 1. The SMILES string of the molecule is CC(C)(C)OC(=O)NCc1ccc(-c2cccnc2)cc1. The van der Waals surface area contributed by atoms with Gasteiger partial charge in [-0.2, -0.15) is 0 Å². The second kappa shape index (κ2) is 6.39. The van der Waals surface area contributed by atoms with E-state index in [-0.39, 0.29) is 0 Å². The summed E-state index contributed by atoms with van der Waals surface area (Å²) < 4.78 is 5.19. The van der Waals surface area contributed by atoms with Gasteiger partial charge in [0.15, 0.2) is 0 Å². The van der Waals surface area contributed by atoms with Crippen LogP contribution >= 0.6 is 0 Å². The third kappa shape index (κ3) is 4.91. The number of carbonyl (C=O) groups is 1. The van der Waals surface area contributed by atoms with Gasteiger partial charge >= 0.3 is 6.09 Å². The van der Waals surface area contributed by atoms with E-state index >= 15 is 0 Å². The lowest BCUT2D eigenvalue weighted by Gasteiger charge is -2.19. The zero-order valence-corrected chi connectivity index (χ0v) is 12.6. The maximum Gasteiger partial charge on any atom is 0.407 e. The molecule has 1 amide bonds. The van der Waals surface area contributed by atoms with Gasteiger partial charge in [0.1, 0.15) is 5.60 Å². The molecule has 0 saturated carbocycles. The molecule has 110 valence electrons. The largest absolute Gasteiger partial charge is 0.444 e. The van der Waals surface area contributed by atoms with Crippen LogP contribution in [0.15, 0.2) is 48.8 Å². The zero-order valence-electron chi connectivity index (χ0n) is 12.6. The molecule has 0 saturated heterocycles. The van der Waals surface area contributed by atoms with Crippen LogP contribution in [0, 0.1) is 0 Å². The van der Waals surface area contributed by atoms with Crippen molar-refractivity contribution < 1.29 is 9.53 Å². The van der Waals surface area contributed by atoms with E-state index in [9.17, 15) is 4.79 Å². The van der Waals surface area contributed by atoms with Crippen LogP contribution in [0.2, 0.25) is 0 Å². The van der Waals surface area contributed by atoms with Crippen LogP contribution in [0.4, 0.5) is 4.79 Å². The molecule has 0 aliphatic rings. The molecule has 0 fully saturated rings. The minimum absolute atomic E-state index is 0.404. The van der Waals surface area contributed by atoms with E-state index < -0.39 is 11.7 Å². The van der Waals surface area contributed by atoms with Crippen LogP contribution in [0.3, 0.4) is 0 Å². The molecule has 0 aliphatic heterocycles. The molecular weight excluding hydrogens is 264 g/mol. The minimum atomic E-state index is -0.478. The molecule has 21 heavy (non-hydrogen) atoms. The number of hydrogen-bond acceptors (Lipinski definition) is 3. The van der Waals surface area contributed by atoms with Crippen molar-refractivity contribution in [2.75, 3.05) is 0 Å². The van der Waals surface area contributed by atoms with Crippen molar-refractivity contribution in [1.29, 1.82) is 0 Å². The van der Waals surface area contributed by atoms with Crippen molar-refractivity contribution in [3.8, 4) is 11.1 Å². The second-order valence-electron chi connectivity index (χ2n) is 5.79. The highest BCUT2D eigenvalue weighted by Crippen LogP contribution is 2.18. The molecule has 0 unspecified atom stereocenters. The monoisotopic (exact) mass is 284 g/mol. The van der Waals surface area contributed by atoms with E-state index in [1.54, 1.807) is 6.20 Å². The van der Waals surface area contributed by atoms with Crippen molar-refractivity contribution in [3.63, 3.8) is 0 Å². The number of hydrogen-bond donors (Lipinski definition) is 1. The third-order valence-electron chi connectivity index (χ3n) is 2.78. The Labute approximate surface area is 125 Å². The Hall–Kier alpha value is -2.36. The van der Waals surface area contributed by atoms with E-state index in [1.807, 2.05) is 63.4 Å². The topological polar surface area (TPSA) is 51.2 Å². The first-order valence-electron chi connectivity index (χ1n) is 6.90. The molecule has 2 rings (SSSR count). The predicted octanol–water partition coefficient (Wildman–Crippen LogP) is 3.77. The van der Waals surface area contributed by atoms with Gasteiger partial charge in [-0.3, -0.25) is 4.98 Å². The molecule has 1 N–H and O–H groups in total. The summed E-state index contributed by atoms with van der Waals surface area (Å²) in [5.74, 6) is 0. The number of carbonyl (C=O) groups excluding carboxylic acids is 1. The molecule has 4 nitrogen and oxygen atoms in total. The first-order chi connectivity index (χ1) is 9.94. The number of amides is 1. The van der Waals surface area contributed by atoms with Crippen LogP contribution < -0.4 is 5.32 Å². The Kier molecular flexibility index (Phi) is 4.58. The van der Waals surface area contributed by atoms with Crippen molar-refractivity contribution in [2.45, 2.75) is 32.9 Å². The maximum atomic E-state index is 11.6. The summed E-state index contributed by atoms with van der Waals surface area (Å²) in [6.45, 7) is 5.97. The summed E-state index contributed by atoms with van der Waals surface area (Å²) in [5.41, 5.74) is 2.72. The lowest BCUT2D eigenvalue weighted by atomic mass is 10.1. The average Bonchev–Trinajstić information content (AvgIpc) is 2.45. The maximum absolute atomic E-state index is 11.6. The molecule has 0 bridgehead atoms. The Morgan fingerprint density at radius 1 is 1.14 bits per heavy atom. The Bertz CT molecular complexity index is 586. The summed E-state index contributed by atoms with van der Waals surface area (Å²) in [4.78, 5) is 15.7. The molecule has 0 radical (unpaired) electrons. The van der Waals surface area contributed by atoms with Crippen molar-refractivity contribution in [1.82, 2.24) is 10.3 Å². The fraction of sp³-hybridized carbons (Fsp3) is 0.294. The summed E-state index contributed by atoms with van der Waals surface area (Å²) >= 11 is 0. The standard InChI is InChI=1S/C17H20N2O2/c1-17(2,3)21-16(20)19-11-13-6-8-14(9-7-13)15-5-4-10-18-12-15/h4-10,12H,11H2,1-3H3,(H,19,20). The van der Waals surface area contributed by atoms with Gasteiger partial charge in [0.25, 0.3) is 0 Å². The fourth-order valence-corrected chi connectivity index (χ4v) is 1.84. The zero-order chi connectivity index (χ0) is 15.3. The van der Waals surface area contributed by atoms with Crippen LogP contribution in [0.25, 0.3) is 11.1 Å². The lowest BCUT2D eigenvalue weighted by molar-refractivity contribution is 0.0523. The van der Waals surface area contributed by atoms with Crippen LogP contribution in [-0.2, 0) is 11.3 Å². The van der Waals surface area contributed by atoms with Gasteiger partial charge in [0.05, 0.1) is 0 Å². The van der Waals surface area contributed by atoms with Crippen LogP contribution in [-0.4, -0.2) is 16.7 Å². The van der Waals surface area contributed by atoms with E-state index in [0.717, 1.165) is 16.7 Å². The molecule has 2 aromatic rings. The smallest absolute Gasteiger partial charge is 0.407 e. The number of benzene rings is 1. The molecule has 0 aliphatic carbocycles. The molecule has 1 aromatic heterocycles. The van der Waals surface area contributed by atoms with Gasteiger partial charge in [-0.05, 0) is 43.5 Å². The normalized spacial score (nSPS) is 11.0. The van der Waals surface area contributed by atoms with Gasteiger partial charge in [0, 0.05) is 18.9 Å². The molecule has 1 heterocycles. The lowest BCUT2D eigenvalue weighted by Crippen LogP contribution is -2.32. The molecule has 0 atom stereocenters. The minimum Gasteiger partial charge on any atom is -0.444 e. The highest BCUT2D eigenvalue weighted by atomic mass is 16.6. The molecule has 0 spiro atoms. The highest BCUT2D eigenvalue weighted by Gasteiger charge is 2.15. The van der Waals surface area contributed by atoms with Crippen molar-refractivity contribution in [2.24, 2.45) is 0 Å². The average molecular weight is 284 g/mol. The molecule has 4 heteroatoms. The van der Waals surface area contributed by atoms with E-state index in [0.29, 0.717) is 6.54 Å². The predicted molar refractivity (Wildman–Crippen MR) is 82.7 cm³/mol. The van der Waals surface area contributed by atoms with Crippen molar-refractivity contribution in [3.05, 3.63) is 54.4 Å². The quantitative estimate of drug-likeness (QED) is 0.933. The van der Waals surface area contributed by atoms with Gasteiger partial charge in [-0.1, -0.05) is 30.3 Å². The molecular formula is C17H20N2O2. The Morgan fingerprint density at radius 3 is 2.43 bits per heavy atom. The van der Waals surface area contributed by atoms with E-state index in [1.165, 1.54) is 0 Å². The third-order valence-corrected chi connectivity index (χ3v) is 2.78. The van der Waals surface area contributed by atoms with Gasteiger partial charge in [-0.15, -0.1) is 0 Å². The summed E-state index contributed by atoms with van der Waals surface area (Å²) in [6, 6.07) is 11.9. The van der Waals surface area contributed by atoms with E-state index in [4.69, 9.17) is 4.74 Å². The summed E-state index contributed by atoms with van der Waals surface area (Å²) in [7, 11) is 0. The Morgan fingerprint density at radius 2 is 1.86 bits per heavy atom. The highest BCUT2D eigenvalue weighted by molar-refractivity contribution is 5.68. The van der Waals surface area contributed by atoms with Crippen LogP contribution in [0.5, 0.6) is 0 Å². The van der Waals surface area contributed by atoms with Gasteiger partial charge in [-0.25, -0.2) is 4.79 Å². The van der Waals surface area contributed by atoms with Crippen LogP contribution in [0.1, 0.15) is 26.3 Å². The number of rotatable bonds is 3. The number of pyridine rings is 1. The van der Waals surface area contributed by atoms with E-state index in [2.05, 4.69) is 10.3 Å². The van der Waals surface area contributed by atoms with Crippen molar-refractivity contribution >= 4 is 6.09 Å². The Balaban J connectivity index is 1.93. The number of nitrogens with zero attached hydrogens (tertiary/aromatic N) is 1.